The Morgan fingerprint density at radius 2 is 1.71 bits per heavy atom. The molecular weight excluding hydrogens is 229 g/mol. The molecule has 0 bridgehead atoms. The van der Waals surface area contributed by atoms with E-state index in [4.69, 9.17) is 5.73 Å². The maximum Gasteiger partial charge on any atom is 0.390 e. The molecule has 0 unspecified atom stereocenters. The SMILES string of the molecule is NCc1ccccc1CCNCCC(F)(F)F. The molecule has 0 aromatic heterocycles. The smallest absolute Gasteiger partial charge is 0.326 e. The first-order valence-corrected chi connectivity index (χ1v) is 5.57. The highest BCUT2D eigenvalue weighted by molar-refractivity contribution is 5.27. The molecule has 0 saturated heterocycles. The summed E-state index contributed by atoms with van der Waals surface area (Å²) >= 11 is 0. The van der Waals surface area contributed by atoms with Crippen LogP contribution in [0.2, 0.25) is 0 Å². The average molecular weight is 246 g/mol. The predicted molar refractivity (Wildman–Crippen MR) is 61.6 cm³/mol. The van der Waals surface area contributed by atoms with E-state index in [-0.39, 0.29) is 6.54 Å². The number of rotatable bonds is 6. The normalized spacial score (nSPS) is 11.8. The first-order chi connectivity index (χ1) is 8.03. The zero-order chi connectivity index (χ0) is 12.7. The summed E-state index contributed by atoms with van der Waals surface area (Å²) in [6, 6.07) is 7.70. The van der Waals surface area contributed by atoms with E-state index in [9.17, 15) is 13.2 Å². The van der Waals surface area contributed by atoms with Gasteiger partial charge in [0.15, 0.2) is 0 Å². The molecule has 0 saturated carbocycles. The van der Waals surface area contributed by atoms with Crippen LogP contribution in [-0.2, 0) is 13.0 Å². The fourth-order valence-electron chi connectivity index (χ4n) is 1.58. The zero-order valence-corrected chi connectivity index (χ0v) is 9.56. The molecule has 0 amide bonds. The van der Waals surface area contributed by atoms with Gasteiger partial charge in [0.2, 0.25) is 0 Å². The van der Waals surface area contributed by atoms with Crippen molar-refractivity contribution >= 4 is 0 Å². The van der Waals surface area contributed by atoms with Crippen molar-refractivity contribution in [1.82, 2.24) is 5.32 Å². The lowest BCUT2D eigenvalue weighted by molar-refractivity contribution is -0.133. The molecule has 1 rings (SSSR count). The quantitative estimate of drug-likeness (QED) is 0.755. The standard InChI is InChI=1S/C12H17F3N2/c13-12(14,15)6-8-17-7-5-10-3-1-2-4-11(10)9-16/h1-4,17H,5-9,16H2. The van der Waals surface area contributed by atoms with E-state index in [1.165, 1.54) is 0 Å². The van der Waals surface area contributed by atoms with Crippen LogP contribution in [0.4, 0.5) is 13.2 Å². The van der Waals surface area contributed by atoms with Crippen LogP contribution in [0.5, 0.6) is 0 Å². The van der Waals surface area contributed by atoms with Crippen molar-refractivity contribution in [1.29, 1.82) is 0 Å². The van der Waals surface area contributed by atoms with Crippen molar-refractivity contribution in [3.05, 3.63) is 35.4 Å². The van der Waals surface area contributed by atoms with Crippen molar-refractivity contribution in [2.24, 2.45) is 5.73 Å². The van der Waals surface area contributed by atoms with E-state index >= 15 is 0 Å². The minimum absolute atomic E-state index is 0.0334. The van der Waals surface area contributed by atoms with Crippen molar-refractivity contribution in [2.45, 2.75) is 25.6 Å². The van der Waals surface area contributed by atoms with Gasteiger partial charge in [0.05, 0.1) is 6.42 Å². The molecule has 0 aliphatic rings. The van der Waals surface area contributed by atoms with Gasteiger partial charge in [-0.1, -0.05) is 24.3 Å². The number of hydrogen-bond acceptors (Lipinski definition) is 2. The van der Waals surface area contributed by atoms with Crippen LogP contribution in [0.15, 0.2) is 24.3 Å². The molecule has 1 aromatic rings. The van der Waals surface area contributed by atoms with Crippen LogP contribution in [0, 0.1) is 0 Å². The van der Waals surface area contributed by atoms with Crippen LogP contribution in [0.25, 0.3) is 0 Å². The summed E-state index contributed by atoms with van der Waals surface area (Å²) in [5, 5.41) is 2.78. The maximum absolute atomic E-state index is 11.9. The highest BCUT2D eigenvalue weighted by atomic mass is 19.4. The highest BCUT2D eigenvalue weighted by Crippen LogP contribution is 2.18. The van der Waals surface area contributed by atoms with Crippen molar-refractivity contribution in [2.75, 3.05) is 13.1 Å². The lowest BCUT2D eigenvalue weighted by Gasteiger charge is -2.09. The minimum atomic E-state index is -4.08. The van der Waals surface area contributed by atoms with E-state index in [1.54, 1.807) is 0 Å². The number of nitrogens with one attached hydrogen (secondary N) is 1. The van der Waals surface area contributed by atoms with Crippen LogP contribution in [0.3, 0.4) is 0 Å². The number of alkyl halides is 3. The minimum Gasteiger partial charge on any atom is -0.326 e. The van der Waals surface area contributed by atoms with Crippen LogP contribution in [-0.4, -0.2) is 19.3 Å². The number of benzene rings is 1. The third kappa shape index (κ3) is 5.70. The van der Waals surface area contributed by atoms with Gasteiger partial charge >= 0.3 is 6.18 Å². The third-order valence-corrected chi connectivity index (χ3v) is 2.49. The highest BCUT2D eigenvalue weighted by Gasteiger charge is 2.25. The summed E-state index contributed by atoms with van der Waals surface area (Å²) < 4.78 is 35.6. The van der Waals surface area contributed by atoms with Gasteiger partial charge in [-0.05, 0) is 24.1 Å². The van der Waals surface area contributed by atoms with Crippen molar-refractivity contribution in [3.63, 3.8) is 0 Å². The first-order valence-electron chi connectivity index (χ1n) is 5.57. The molecule has 17 heavy (non-hydrogen) atoms. The second kappa shape index (κ2) is 6.61. The molecule has 3 N–H and O–H groups in total. The second-order valence-electron chi connectivity index (χ2n) is 3.84. The Labute approximate surface area is 99.0 Å². The Balaban J connectivity index is 2.27. The van der Waals surface area contributed by atoms with E-state index in [1.807, 2.05) is 24.3 Å². The molecule has 96 valence electrons. The maximum atomic E-state index is 11.9. The van der Waals surface area contributed by atoms with Crippen LogP contribution >= 0.6 is 0 Å². The van der Waals surface area contributed by atoms with Gasteiger partial charge in [-0.2, -0.15) is 13.2 Å². The Kier molecular flexibility index (Phi) is 5.44. The molecule has 0 heterocycles. The lowest BCUT2D eigenvalue weighted by atomic mass is 10.0. The average Bonchev–Trinajstić information content (AvgIpc) is 2.27. The molecule has 0 atom stereocenters. The van der Waals surface area contributed by atoms with Gasteiger partial charge in [-0.3, -0.25) is 0 Å². The second-order valence-corrected chi connectivity index (χ2v) is 3.84. The summed E-state index contributed by atoms with van der Waals surface area (Å²) in [6.45, 7) is 0.958. The van der Waals surface area contributed by atoms with Gasteiger partial charge in [-0.25, -0.2) is 0 Å². The van der Waals surface area contributed by atoms with E-state index < -0.39 is 12.6 Å². The fraction of sp³-hybridized carbons (Fsp3) is 0.500. The molecule has 0 fully saturated rings. The number of nitrogens with two attached hydrogens (primary N) is 1. The fourth-order valence-corrected chi connectivity index (χ4v) is 1.58. The topological polar surface area (TPSA) is 38.0 Å². The van der Waals surface area contributed by atoms with Gasteiger partial charge in [0, 0.05) is 13.1 Å². The summed E-state index contributed by atoms with van der Waals surface area (Å²) in [5.74, 6) is 0. The molecule has 2 nitrogen and oxygen atoms in total. The summed E-state index contributed by atoms with van der Waals surface area (Å²) in [4.78, 5) is 0. The zero-order valence-electron chi connectivity index (χ0n) is 9.56. The Hall–Kier alpha value is -1.07. The predicted octanol–water partition coefficient (Wildman–Crippen LogP) is 2.23. The molecule has 0 spiro atoms. The van der Waals surface area contributed by atoms with Gasteiger partial charge in [0.1, 0.15) is 0 Å². The van der Waals surface area contributed by atoms with Crippen molar-refractivity contribution < 1.29 is 13.2 Å². The molecule has 0 radical (unpaired) electrons. The largest absolute Gasteiger partial charge is 0.390 e. The summed E-state index contributed by atoms with van der Waals surface area (Å²) in [7, 11) is 0. The Morgan fingerprint density at radius 3 is 2.29 bits per heavy atom. The molecule has 0 aliphatic heterocycles. The molecule has 0 aliphatic carbocycles. The van der Waals surface area contributed by atoms with Crippen LogP contribution < -0.4 is 11.1 Å². The molecule has 5 heteroatoms. The lowest BCUT2D eigenvalue weighted by Crippen LogP contribution is -2.24. The Bertz CT molecular complexity index is 337. The van der Waals surface area contributed by atoms with Gasteiger partial charge in [-0.15, -0.1) is 0 Å². The van der Waals surface area contributed by atoms with Crippen LogP contribution in [0.1, 0.15) is 17.5 Å². The van der Waals surface area contributed by atoms with E-state index in [2.05, 4.69) is 5.32 Å². The van der Waals surface area contributed by atoms with Gasteiger partial charge in [0.25, 0.3) is 0 Å². The number of hydrogen-bond donors (Lipinski definition) is 2. The first kappa shape index (κ1) is 14.0. The monoisotopic (exact) mass is 246 g/mol. The van der Waals surface area contributed by atoms with E-state index in [0.29, 0.717) is 19.5 Å². The van der Waals surface area contributed by atoms with Crippen molar-refractivity contribution in [3.8, 4) is 0 Å². The molecule has 1 aromatic carbocycles. The Morgan fingerprint density at radius 1 is 1.06 bits per heavy atom. The summed E-state index contributed by atoms with van der Waals surface area (Å²) in [5.41, 5.74) is 7.71. The molecular formula is C12H17F3N2. The summed E-state index contributed by atoms with van der Waals surface area (Å²) in [6.07, 6.45) is -4.17. The van der Waals surface area contributed by atoms with Gasteiger partial charge < -0.3 is 11.1 Å². The third-order valence-electron chi connectivity index (χ3n) is 2.49. The number of halogens is 3. The van der Waals surface area contributed by atoms with E-state index in [0.717, 1.165) is 11.1 Å².